The second kappa shape index (κ2) is 6.82. The van der Waals surface area contributed by atoms with E-state index >= 15 is 0 Å². The van der Waals surface area contributed by atoms with E-state index in [1.54, 1.807) is 0 Å². The fourth-order valence-corrected chi connectivity index (χ4v) is 2.49. The summed E-state index contributed by atoms with van der Waals surface area (Å²) in [5.74, 6) is 0. The average molecular weight is 174 g/mol. The Morgan fingerprint density at radius 3 is 2.45 bits per heavy atom. The molecule has 0 spiro atoms. The lowest BCUT2D eigenvalue weighted by Crippen LogP contribution is -2.40. The third-order valence-corrected chi connectivity index (χ3v) is 5.32. The third-order valence-electron chi connectivity index (χ3n) is 2.30. The molecule has 11 heavy (non-hydrogen) atoms. The standard InChI is InChI=1S/C8H22N2Si/c1-5-8(3)11(4)10-7-9-6-2/h8-11H,5-7H2,1-4H3. The highest BCUT2D eigenvalue weighted by Gasteiger charge is 2.09. The van der Waals surface area contributed by atoms with E-state index in [1.807, 2.05) is 0 Å². The van der Waals surface area contributed by atoms with Crippen LogP contribution in [0.2, 0.25) is 12.1 Å². The van der Waals surface area contributed by atoms with Gasteiger partial charge in [0.05, 0.1) is 0 Å². The molecule has 0 radical (unpaired) electrons. The molecule has 0 rings (SSSR count). The van der Waals surface area contributed by atoms with Gasteiger partial charge in [0, 0.05) is 6.67 Å². The molecule has 0 aromatic heterocycles. The van der Waals surface area contributed by atoms with Crippen LogP contribution in [0.3, 0.4) is 0 Å². The maximum absolute atomic E-state index is 3.56. The van der Waals surface area contributed by atoms with Crippen LogP contribution in [0.4, 0.5) is 0 Å². The fraction of sp³-hybridized carbons (Fsp3) is 1.00. The van der Waals surface area contributed by atoms with Crippen LogP contribution in [0, 0.1) is 0 Å². The van der Waals surface area contributed by atoms with E-state index in [2.05, 4.69) is 37.6 Å². The second-order valence-corrected chi connectivity index (χ2v) is 6.28. The van der Waals surface area contributed by atoms with Crippen LogP contribution >= 0.6 is 0 Å². The maximum Gasteiger partial charge on any atom is 0.109 e. The van der Waals surface area contributed by atoms with Crippen molar-refractivity contribution in [2.24, 2.45) is 0 Å². The molecule has 0 bridgehead atoms. The zero-order valence-electron chi connectivity index (χ0n) is 8.28. The van der Waals surface area contributed by atoms with Crippen LogP contribution in [0.15, 0.2) is 0 Å². The molecular weight excluding hydrogens is 152 g/mol. The Balaban J connectivity index is 3.28. The SMILES string of the molecule is CCNCN[SiH](C)C(C)CC. The summed E-state index contributed by atoms with van der Waals surface area (Å²) in [6.07, 6.45) is 1.31. The van der Waals surface area contributed by atoms with Gasteiger partial charge in [0.25, 0.3) is 0 Å². The average Bonchev–Trinajstić information content (AvgIpc) is 2.03. The molecular formula is C8H22N2Si. The molecule has 2 unspecified atom stereocenters. The first-order valence-electron chi connectivity index (χ1n) is 4.66. The summed E-state index contributed by atoms with van der Waals surface area (Å²) < 4.78 is 0. The van der Waals surface area contributed by atoms with Crippen LogP contribution in [0.1, 0.15) is 27.2 Å². The Bertz CT molecular complexity index is 88.2. The summed E-state index contributed by atoms with van der Waals surface area (Å²) >= 11 is 0. The minimum atomic E-state index is -0.640. The van der Waals surface area contributed by atoms with Gasteiger partial charge in [-0.25, -0.2) is 0 Å². The predicted molar refractivity (Wildman–Crippen MR) is 54.4 cm³/mol. The first kappa shape index (κ1) is 11.1. The Kier molecular flexibility index (Phi) is 6.91. The molecule has 0 aliphatic carbocycles. The van der Waals surface area contributed by atoms with E-state index in [0.29, 0.717) is 0 Å². The van der Waals surface area contributed by atoms with Crippen molar-refractivity contribution in [2.45, 2.75) is 39.3 Å². The molecule has 3 heteroatoms. The van der Waals surface area contributed by atoms with Crippen molar-refractivity contribution < 1.29 is 0 Å². The molecule has 0 heterocycles. The summed E-state index contributed by atoms with van der Waals surface area (Å²) in [5, 5.41) is 3.28. The molecule has 0 aliphatic heterocycles. The molecule has 0 amide bonds. The van der Waals surface area contributed by atoms with Gasteiger partial charge in [-0.05, 0) is 12.1 Å². The highest BCUT2D eigenvalue weighted by molar-refractivity contribution is 6.56. The summed E-state index contributed by atoms with van der Waals surface area (Å²) in [5.41, 5.74) is 0.911. The van der Waals surface area contributed by atoms with Crippen LogP contribution in [0.25, 0.3) is 0 Å². The lowest BCUT2D eigenvalue weighted by atomic mass is 10.4. The maximum atomic E-state index is 3.56. The minimum absolute atomic E-state index is 0.640. The molecule has 0 aliphatic rings. The Labute approximate surface area is 72.5 Å². The van der Waals surface area contributed by atoms with Gasteiger partial charge in [-0.15, -0.1) is 0 Å². The van der Waals surface area contributed by atoms with Gasteiger partial charge in [0.15, 0.2) is 0 Å². The molecule has 68 valence electrons. The van der Waals surface area contributed by atoms with Crippen molar-refractivity contribution in [3.05, 3.63) is 0 Å². The summed E-state index contributed by atoms with van der Waals surface area (Å²) in [7, 11) is -0.640. The summed E-state index contributed by atoms with van der Waals surface area (Å²) in [4.78, 5) is 3.56. The van der Waals surface area contributed by atoms with Gasteiger partial charge in [0.2, 0.25) is 0 Å². The lowest BCUT2D eigenvalue weighted by molar-refractivity contribution is 0.686. The van der Waals surface area contributed by atoms with E-state index in [0.717, 1.165) is 18.8 Å². The first-order chi connectivity index (χ1) is 5.22. The van der Waals surface area contributed by atoms with Gasteiger partial charge in [-0.1, -0.05) is 33.7 Å². The van der Waals surface area contributed by atoms with E-state index < -0.39 is 8.96 Å². The Hall–Kier alpha value is 0.137. The third kappa shape index (κ3) is 5.41. The largest absolute Gasteiger partial charge is 0.328 e. The normalized spacial score (nSPS) is 16.4. The van der Waals surface area contributed by atoms with E-state index in [-0.39, 0.29) is 0 Å². The van der Waals surface area contributed by atoms with Crippen LogP contribution in [0.5, 0.6) is 0 Å². The molecule has 0 saturated carbocycles. The van der Waals surface area contributed by atoms with Gasteiger partial charge in [-0.3, -0.25) is 0 Å². The number of hydrogen-bond acceptors (Lipinski definition) is 2. The zero-order valence-corrected chi connectivity index (χ0v) is 9.43. The first-order valence-corrected chi connectivity index (χ1v) is 7.06. The van der Waals surface area contributed by atoms with Crippen molar-refractivity contribution in [1.29, 1.82) is 0 Å². The topological polar surface area (TPSA) is 24.1 Å². The molecule has 0 aromatic rings. The minimum Gasteiger partial charge on any atom is -0.328 e. The van der Waals surface area contributed by atoms with E-state index in [4.69, 9.17) is 0 Å². The number of rotatable bonds is 6. The quantitative estimate of drug-likeness (QED) is 0.360. The number of hydrogen-bond donors (Lipinski definition) is 2. The summed E-state index contributed by atoms with van der Waals surface area (Å²) in [6, 6.07) is 0. The summed E-state index contributed by atoms with van der Waals surface area (Å²) in [6.45, 7) is 11.2. The lowest BCUT2D eigenvalue weighted by Gasteiger charge is -2.18. The Morgan fingerprint density at radius 2 is 2.00 bits per heavy atom. The molecule has 2 N–H and O–H groups in total. The highest BCUT2D eigenvalue weighted by atomic mass is 28.3. The van der Waals surface area contributed by atoms with E-state index in [9.17, 15) is 0 Å². The monoisotopic (exact) mass is 174 g/mol. The van der Waals surface area contributed by atoms with Gasteiger partial charge in [-0.2, -0.15) is 0 Å². The van der Waals surface area contributed by atoms with Crippen LogP contribution in [-0.2, 0) is 0 Å². The van der Waals surface area contributed by atoms with Crippen molar-refractivity contribution in [3.8, 4) is 0 Å². The van der Waals surface area contributed by atoms with Crippen molar-refractivity contribution in [2.75, 3.05) is 13.2 Å². The van der Waals surface area contributed by atoms with E-state index in [1.165, 1.54) is 6.42 Å². The van der Waals surface area contributed by atoms with Crippen LogP contribution in [-0.4, -0.2) is 22.2 Å². The van der Waals surface area contributed by atoms with Gasteiger partial charge in [0.1, 0.15) is 8.96 Å². The fourth-order valence-electron chi connectivity index (χ4n) is 0.913. The number of nitrogens with one attached hydrogen (secondary N) is 2. The van der Waals surface area contributed by atoms with Gasteiger partial charge >= 0.3 is 0 Å². The molecule has 0 aromatic carbocycles. The predicted octanol–water partition coefficient (Wildman–Crippen LogP) is 1.30. The van der Waals surface area contributed by atoms with Crippen LogP contribution < -0.4 is 10.3 Å². The second-order valence-electron chi connectivity index (χ2n) is 3.16. The molecule has 0 fully saturated rings. The smallest absolute Gasteiger partial charge is 0.109 e. The Morgan fingerprint density at radius 1 is 1.36 bits per heavy atom. The van der Waals surface area contributed by atoms with Crippen molar-refractivity contribution in [3.63, 3.8) is 0 Å². The van der Waals surface area contributed by atoms with Crippen molar-refractivity contribution in [1.82, 2.24) is 10.3 Å². The van der Waals surface area contributed by atoms with Crippen molar-refractivity contribution >= 4 is 8.96 Å². The zero-order chi connectivity index (χ0) is 8.69. The molecule has 2 nitrogen and oxygen atoms in total. The molecule has 2 atom stereocenters. The highest BCUT2D eigenvalue weighted by Crippen LogP contribution is 2.10. The molecule has 0 saturated heterocycles. The van der Waals surface area contributed by atoms with Gasteiger partial charge < -0.3 is 10.3 Å².